The number of rotatable bonds is 7. The fourth-order valence-electron chi connectivity index (χ4n) is 2.25. The van der Waals surface area contributed by atoms with Gasteiger partial charge in [0.05, 0.1) is 22.7 Å². The zero-order valence-electron chi connectivity index (χ0n) is 16.3. The Hall–Kier alpha value is -2.69. The van der Waals surface area contributed by atoms with Gasteiger partial charge in [-0.2, -0.15) is 0 Å². The topological polar surface area (TPSA) is 142 Å². The first kappa shape index (κ1) is 23.3. The second-order valence-corrected chi connectivity index (χ2v) is 9.16. The minimum atomic E-state index is -3.65. The molecule has 0 aliphatic heterocycles. The predicted molar refractivity (Wildman–Crippen MR) is 99.7 cm³/mol. The quantitative estimate of drug-likeness (QED) is 0.404. The Labute approximate surface area is 163 Å². The minimum absolute atomic E-state index is 0.0616. The maximum Gasteiger partial charge on any atom is 0.408 e. The van der Waals surface area contributed by atoms with Gasteiger partial charge in [0.1, 0.15) is 11.6 Å². The number of amides is 1. The molecule has 0 bridgehead atoms. The van der Waals surface area contributed by atoms with Crippen LogP contribution in [0.1, 0.15) is 33.3 Å². The fourth-order valence-corrected chi connectivity index (χ4v) is 3.15. The average Bonchev–Trinajstić information content (AvgIpc) is 2.58. The molecule has 28 heavy (non-hydrogen) atoms. The van der Waals surface area contributed by atoms with Crippen LogP contribution in [0.4, 0.5) is 10.5 Å². The number of carbonyl (C=O) groups excluding carboxylic acids is 2. The number of ether oxygens (including phenoxy) is 2. The minimum Gasteiger partial charge on any atom is -0.467 e. The van der Waals surface area contributed by atoms with E-state index < -0.39 is 44.2 Å². The molecule has 10 nitrogen and oxygen atoms in total. The normalized spacial score (nSPS) is 12.8. The van der Waals surface area contributed by atoms with Crippen molar-refractivity contribution in [2.75, 3.05) is 12.9 Å². The van der Waals surface area contributed by atoms with Crippen molar-refractivity contribution in [1.29, 1.82) is 0 Å². The highest BCUT2D eigenvalue weighted by Gasteiger charge is 2.29. The molecule has 0 unspecified atom stereocenters. The number of nitro groups is 1. The van der Waals surface area contributed by atoms with E-state index in [9.17, 15) is 28.1 Å². The standard InChI is InChI=1S/C17H24N2O8S/c1-6-28(24,25)12-8-7-11(14(10-12)19(22)23)9-13(15(20)26-5)18-16(21)27-17(2,3)4/h7-8,10,13H,6,9H2,1-5H3,(H,18,21)/t13-/m1/s1. The number of nitro benzene ring substituents is 1. The van der Waals surface area contributed by atoms with Crippen molar-refractivity contribution in [3.05, 3.63) is 33.9 Å². The third kappa shape index (κ3) is 6.48. The van der Waals surface area contributed by atoms with Gasteiger partial charge < -0.3 is 14.8 Å². The van der Waals surface area contributed by atoms with Crippen molar-refractivity contribution < 1.29 is 32.4 Å². The van der Waals surface area contributed by atoms with Crippen molar-refractivity contribution in [2.45, 2.75) is 50.7 Å². The summed E-state index contributed by atoms with van der Waals surface area (Å²) in [7, 11) is -2.54. The molecule has 0 saturated carbocycles. The van der Waals surface area contributed by atoms with Crippen molar-refractivity contribution in [3.63, 3.8) is 0 Å². The van der Waals surface area contributed by atoms with E-state index in [0.717, 1.165) is 13.2 Å². The summed E-state index contributed by atoms with van der Waals surface area (Å²) in [6, 6.07) is 2.15. The van der Waals surface area contributed by atoms with Crippen LogP contribution < -0.4 is 5.32 Å². The Morgan fingerprint density at radius 3 is 2.36 bits per heavy atom. The third-order valence-electron chi connectivity index (χ3n) is 3.59. The fraction of sp³-hybridized carbons (Fsp3) is 0.529. The van der Waals surface area contributed by atoms with E-state index >= 15 is 0 Å². The van der Waals surface area contributed by atoms with Crippen LogP contribution in [0.5, 0.6) is 0 Å². The van der Waals surface area contributed by atoms with Gasteiger partial charge in [0.25, 0.3) is 5.69 Å². The van der Waals surface area contributed by atoms with Crippen molar-refractivity contribution in [2.24, 2.45) is 0 Å². The summed E-state index contributed by atoms with van der Waals surface area (Å²) < 4.78 is 33.7. The Morgan fingerprint density at radius 1 is 1.29 bits per heavy atom. The lowest BCUT2D eigenvalue weighted by molar-refractivity contribution is -0.385. The molecule has 1 N–H and O–H groups in total. The van der Waals surface area contributed by atoms with Crippen LogP contribution >= 0.6 is 0 Å². The van der Waals surface area contributed by atoms with Gasteiger partial charge in [-0.25, -0.2) is 18.0 Å². The first-order valence-corrected chi connectivity index (χ1v) is 10.0. The first-order chi connectivity index (χ1) is 12.8. The number of nitrogens with one attached hydrogen (secondary N) is 1. The number of carbonyl (C=O) groups is 2. The van der Waals surface area contributed by atoms with E-state index in [1.165, 1.54) is 19.1 Å². The summed E-state index contributed by atoms with van der Waals surface area (Å²) in [5, 5.41) is 13.7. The van der Waals surface area contributed by atoms with E-state index in [-0.39, 0.29) is 22.6 Å². The molecule has 1 rings (SSSR count). The molecule has 0 fully saturated rings. The predicted octanol–water partition coefficient (Wildman–Crippen LogP) is 2.00. The smallest absolute Gasteiger partial charge is 0.408 e. The lowest BCUT2D eigenvalue weighted by Crippen LogP contribution is -2.45. The summed E-state index contributed by atoms with van der Waals surface area (Å²) in [5.41, 5.74) is -1.23. The molecular formula is C17H24N2O8S. The maximum atomic E-state index is 12.0. The molecule has 0 aliphatic rings. The van der Waals surface area contributed by atoms with Crippen LogP contribution in [-0.2, 0) is 30.5 Å². The van der Waals surface area contributed by atoms with E-state index in [4.69, 9.17) is 4.74 Å². The second-order valence-electron chi connectivity index (χ2n) is 6.88. The molecule has 1 atom stereocenters. The van der Waals surface area contributed by atoms with Gasteiger partial charge >= 0.3 is 12.1 Å². The molecule has 0 aliphatic carbocycles. The van der Waals surface area contributed by atoms with Gasteiger partial charge in [0.2, 0.25) is 0 Å². The van der Waals surface area contributed by atoms with E-state index in [1.807, 2.05) is 0 Å². The zero-order chi connectivity index (χ0) is 21.7. The van der Waals surface area contributed by atoms with E-state index in [1.54, 1.807) is 20.8 Å². The van der Waals surface area contributed by atoms with Crippen LogP contribution in [0, 0.1) is 10.1 Å². The molecule has 1 aromatic carbocycles. The van der Waals surface area contributed by atoms with Crippen molar-refractivity contribution in [1.82, 2.24) is 5.32 Å². The molecular weight excluding hydrogens is 392 g/mol. The molecule has 0 spiro atoms. The zero-order valence-corrected chi connectivity index (χ0v) is 17.2. The Balaban J connectivity index is 3.23. The molecule has 156 valence electrons. The van der Waals surface area contributed by atoms with E-state index in [2.05, 4.69) is 10.1 Å². The van der Waals surface area contributed by atoms with E-state index in [0.29, 0.717) is 0 Å². The van der Waals surface area contributed by atoms with Gasteiger partial charge in [-0.15, -0.1) is 0 Å². The molecule has 0 saturated heterocycles. The van der Waals surface area contributed by atoms with Gasteiger partial charge in [-0.3, -0.25) is 10.1 Å². The SMILES string of the molecule is CCS(=O)(=O)c1ccc(C[C@@H](NC(=O)OC(C)(C)C)C(=O)OC)c([N+](=O)[O-])c1. The monoisotopic (exact) mass is 416 g/mol. The summed E-state index contributed by atoms with van der Waals surface area (Å²) >= 11 is 0. The van der Waals surface area contributed by atoms with Crippen LogP contribution in [0.15, 0.2) is 23.1 Å². The number of alkyl carbamates (subject to hydrolysis) is 1. The third-order valence-corrected chi connectivity index (χ3v) is 5.33. The molecule has 1 aromatic rings. The lowest BCUT2D eigenvalue weighted by atomic mass is 10.0. The highest BCUT2D eigenvalue weighted by molar-refractivity contribution is 7.91. The van der Waals surface area contributed by atoms with Crippen molar-refractivity contribution in [3.8, 4) is 0 Å². The highest BCUT2D eigenvalue weighted by Crippen LogP contribution is 2.25. The highest BCUT2D eigenvalue weighted by atomic mass is 32.2. The molecule has 0 heterocycles. The van der Waals surface area contributed by atoms with Crippen LogP contribution in [0.25, 0.3) is 0 Å². The number of hydrogen-bond acceptors (Lipinski definition) is 8. The van der Waals surface area contributed by atoms with Crippen molar-refractivity contribution >= 4 is 27.6 Å². The summed E-state index contributed by atoms with van der Waals surface area (Å²) in [6.45, 7) is 6.33. The Kier molecular flexibility index (Phi) is 7.51. The number of sulfone groups is 1. The molecule has 0 radical (unpaired) electrons. The maximum absolute atomic E-state index is 12.0. The summed E-state index contributed by atoms with van der Waals surface area (Å²) in [4.78, 5) is 34.4. The van der Waals surface area contributed by atoms with Gasteiger partial charge in [0.15, 0.2) is 9.84 Å². The molecule has 1 amide bonds. The van der Waals surface area contributed by atoms with Gasteiger partial charge in [-0.05, 0) is 26.8 Å². The first-order valence-electron chi connectivity index (χ1n) is 8.38. The van der Waals surface area contributed by atoms with Crippen LogP contribution in [0.2, 0.25) is 0 Å². The van der Waals surface area contributed by atoms with Crippen LogP contribution in [0.3, 0.4) is 0 Å². The van der Waals surface area contributed by atoms with Crippen LogP contribution in [-0.4, -0.2) is 49.9 Å². The van der Waals surface area contributed by atoms with Gasteiger partial charge in [-0.1, -0.05) is 13.0 Å². The Morgan fingerprint density at radius 2 is 1.89 bits per heavy atom. The van der Waals surface area contributed by atoms with Gasteiger partial charge in [0, 0.05) is 18.1 Å². The summed E-state index contributed by atoms with van der Waals surface area (Å²) in [6.07, 6.45) is -1.18. The second kappa shape index (κ2) is 9.00. The Bertz CT molecular complexity index is 858. The molecule has 11 heteroatoms. The summed E-state index contributed by atoms with van der Waals surface area (Å²) in [5.74, 6) is -1.04. The number of benzene rings is 1. The number of hydrogen-bond donors (Lipinski definition) is 1. The largest absolute Gasteiger partial charge is 0.467 e. The number of nitrogens with zero attached hydrogens (tertiary/aromatic N) is 1. The number of methoxy groups -OCH3 is 1. The molecule has 0 aromatic heterocycles. The average molecular weight is 416 g/mol. The lowest BCUT2D eigenvalue weighted by Gasteiger charge is -2.22. The number of esters is 1.